The Labute approximate surface area is 176 Å². The second kappa shape index (κ2) is 8.78. The van der Waals surface area contributed by atoms with Crippen LogP contribution in [0.15, 0.2) is 24.5 Å². The topological polar surface area (TPSA) is 118 Å². The van der Waals surface area contributed by atoms with Crippen LogP contribution in [0.3, 0.4) is 0 Å². The zero-order valence-electron chi connectivity index (χ0n) is 17.6. The number of aromatic nitrogens is 4. The number of amides is 1. The third-order valence-electron chi connectivity index (χ3n) is 4.94. The number of benzene rings is 1. The lowest BCUT2D eigenvalue weighted by Gasteiger charge is -2.15. The highest BCUT2D eigenvalue weighted by atomic mass is 32.2. The molecule has 0 saturated heterocycles. The maximum Gasteiger partial charge on any atom is 0.252 e. The van der Waals surface area contributed by atoms with Crippen molar-refractivity contribution in [3.8, 4) is 0 Å². The fourth-order valence-corrected chi connectivity index (χ4v) is 4.53. The number of carbonyl (C=O) groups is 1. The zero-order valence-corrected chi connectivity index (χ0v) is 18.4. The molecule has 1 aromatic carbocycles. The molecule has 160 valence electrons. The first kappa shape index (κ1) is 21.7. The molecule has 1 amide bonds. The summed E-state index contributed by atoms with van der Waals surface area (Å²) in [5, 5.41) is 7.05. The molecular formula is C20H26N6O3S. The fraction of sp³-hybridized carbons (Fsp3) is 0.400. The van der Waals surface area contributed by atoms with Gasteiger partial charge >= 0.3 is 0 Å². The van der Waals surface area contributed by atoms with Crippen LogP contribution < -0.4 is 10.0 Å². The average Bonchev–Trinajstić information content (AvgIpc) is 3.13. The van der Waals surface area contributed by atoms with E-state index in [9.17, 15) is 13.2 Å². The number of nitrogens with zero attached hydrogens (tertiary/aromatic N) is 4. The fourth-order valence-electron chi connectivity index (χ4n) is 3.34. The Morgan fingerprint density at radius 3 is 2.63 bits per heavy atom. The molecule has 0 radical (unpaired) electrons. The largest absolute Gasteiger partial charge is 0.326 e. The van der Waals surface area contributed by atoms with Gasteiger partial charge in [-0.2, -0.15) is 10.1 Å². The van der Waals surface area contributed by atoms with E-state index in [1.807, 2.05) is 20.8 Å². The molecule has 30 heavy (non-hydrogen) atoms. The molecular weight excluding hydrogens is 404 g/mol. The third kappa shape index (κ3) is 4.76. The molecule has 10 heteroatoms. The second-order valence-corrected chi connectivity index (χ2v) is 9.02. The van der Waals surface area contributed by atoms with Crippen LogP contribution in [0, 0.1) is 20.8 Å². The third-order valence-corrected chi connectivity index (χ3v) is 6.41. The predicted octanol–water partition coefficient (Wildman–Crippen LogP) is 2.77. The normalized spacial score (nSPS) is 11.6. The number of carbonyl (C=O) groups excluding carboxylic acids is 1. The van der Waals surface area contributed by atoms with Crippen molar-refractivity contribution in [3.05, 3.63) is 47.0 Å². The first-order valence-corrected chi connectivity index (χ1v) is 11.4. The van der Waals surface area contributed by atoms with Crippen LogP contribution in [0.5, 0.6) is 0 Å². The summed E-state index contributed by atoms with van der Waals surface area (Å²) in [4.78, 5) is 21.1. The molecule has 3 rings (SSSR count). The van der Waals surface area contributed by atoms with Crippen molar-refractivity contribution < 1.29 is 13.2 Å². The van der Waals surface area contributed by atoms with Crippen molar-refractivity contribution in [3.63, 3.8) is 0 Å². The summed E-state index contributed by atoms with van der Waals surface area (Å²) in [5.74, 6) is 0.423. The average molecular weight is 431 g/mol. The zero-order chi connectivity index (χ0) is 21.9. The van der Waals surface area contributed by atoms with Crippen molar-refractivity contribution in [1.29, 1.82) is 0 Å². The van der Waals surface area contributed by atoms with Crippen LogP contribution >= 0.6 is 0 Å². The van der Waals surface area contributed by atoms with Crippen LogP contribution in [-0.2, 0) is 21.2 Å². The lowest BCUT2D eigenvalue weighted by atomic mass is 10.1. The van der Waals surface area contributed by atoms with E-state index in [4.69, 9.17) is 0 Å². The maximum absolute atomic E-state index is 12.6. The van der Waals surface area contributed by atoms with Gasteiger partial charge in [-0.25, -0.2) is 17.9 Å². The van der Waals surface area contributed by atoms with E-state index in [1.54, 1.807) is 29.6 Å². The summed E-state index contributed by atoms with van der Waals surface area (Å²) in [6.45, 7) is 7.41. The molecule has 0 unspecified atom stereocenters. The van der Waals surface area contributed by atoms with E-state index in [1.165, 1.54) is 6.33 Å². The number of sulfonamides is 1. The monoisotopic (exact) mass is 430 g/mol. The van der Waals surface area contributed by atoms with Crippen LogP contribution in [0.4, 0.5) is 11.4 Å². The Bertz CT molecular complexity index is 1190. The number of hydrogen-bond acceptors (Lipinski definition) is 6. The summed E-state index contributed by atoms with van der Waals surface area (Å²) >= 11 is 0. The smallest absolute Gasteiger partial charge is 0.252 e. The lowest BCUT2D eigenvalue weighted by Crippen LogP contribution is -2.18. The summed E-state index contributed by atoms with van der Waals surface area (Å²) in [7, 11) is -3.40. The number of nitrogens with one attached hydrogen (secondary N) is 2. The van der Waals surface area contributed by atoms with E-state index in [0.29, 0.717) is 35.6 Å². The minimum Gasteiger partial charge on any atom is -0.326 e. The Balaban J connectivity index is 1.71. The van der Waals surface area contributed by atoms with Crippen LogP contribution in [-0.4, -0.2) is 39.7 Å². The Morgan fingerprint density at radius 1 is 1.17 bits per heavy atom. The van der Waals surface area contributed by atoms with Crippen LogP contribution in [0.25, 0.3) is 5.78 Å². The number of fused-ring (bicyclic) bond motifs is 1. The molecule has 0 spiro atoms. The number of anilines is 2. The molecule has 0 fully saturated rings. The van der Waals surface area contributed by atoms with Gasteiger partial charge in [0.25, 0.3) is 5.78 Å². The van der Waals surface area contributed by atoms with Gasteiger partial charge in [0.05, 0.1) is 11.4 Å². The SMILES string of the molecule is CCCS(=O)(=O)Nc1cccc(NC(=O)CCc2c(C)nc3ncnn3c2C)c1C. The first-order valence-electron chi connectivity index (χ1n) is 9.77. The van der Waals surface area contributed by atoms with E-state index in [-0.39, 0.29) is 18.1 Å². The lowest BCUT2D eigenvalue weighted by molar-refractivity contribution is -0.116. The summed E-state index contributed by atoms with van der Waals surface area (Å²) in [6, 6.07) is 5.15. The summed E-state index contributed by atoms with van der Waals surface area (Å²) in [6.07, 6.45) is 2.75. The minimum atomic E-state index is -3.40. The van der Waals surface area contributed by atoms with E-state index >= 15 is 0 Å². The van der Waals surface area contributed by atoms with E-state index in [2.05, 4.69) is 25.1 Å². The van der Waals surface area contributed by atoms with Crippen molar-refractivity contribution in [2.75, 3.05) is 15.8 Å². The molecule has 0 saturated carbocycles. The standard InChI is InChI=1S/C20H26N6O3S/c1-5-11-30(28,29)25-18-8-6-7-17(13(18)2)24-19(27)10-9-16-14(3)23-20-21-12-22-26(20)15(16)4/h6-8,12,25H,5,9-11H2,1-4H3,(H,24,27). The quantitative estimate of drug-likeness (QED) is 0.567. The van der Waals surface area contributed by atoms with Gasteiger partial charge in [-0.1, -0.05) is 13.0 Å². The molecule has 2 heterocycles. The van der Waals surface area contributed by atoms with Crippen molar-refractivity contribution in [1.82, 2.24) is 19.6 Å². The van der Waals surface area contributed by atoms with Gasteiger partial charge < -0.3 is 5.32 Å². The Kier molecular flexibility index (Phi) is 6.35. The molecule has 3 aromatic rings. The molecule has 2 N–H and O–H groups in total. The van der Waals surface area contributed by atoms with Gasteiger partial charge in [-0.15, -0.1) is 0 Å². The molecule has 0 aliphatic carbocycles. The number of hydrogen-bond donors (Lipinski definition) is 2. The van der Waals surface area contributed by atoms with Crippen molar-refractivity contribution in [2.24, 2.45) is 0 Å². The van der Waals surface area contributed by atoms with E-state index < -0.39 is 10.0 Å². The molecule has 0 atom stereocenters. The minimum absolute atomic E-state index is 0.0475. The van der Waals surface area contributed by atoms with Gasteiger partial charge in [0, 0.05) is 23.5 Å². The summed E-state index contributed by atoms with van der Waals surface area (Å²) in [5.41, 5.74) is 4.41. The van der Waals surface area contributed by atoms with Crippen LogP contribution in [0.2, 0.25) is 0 Å². The first-order chi connectivity index (χ1) is 14.2. The van der Waals surface area contributed by atoms with Gasteiger partial charge in [0.1, 0.15) is 6.33 Å². The Morgan fingerprint density at radius 2 is 1.90 bits per heavy atom. The van der Waals surface area contributed by atoms with Crippen molar-refractivity contribution >= 4 is 33.1 Å². The molecule has 0 aliphatic rings. The highest BCUT2D eigenvalue weighted by Crippen LogP contribution is 2.25. The van der Waals surface area contributed by atoms with Gasteiger partial charge in [0.2, 0.25) is 15.9 Å². The second-order valence-electron chi connectivity index (χ2n) is 7.18. The molecule has 0 bridgehead atoms. The molecule has 0 aliphatic heterocycles. The van der Waals surface area contributed by atoms with Gasteiger partial charge in [0.15, 0.2) is 0 Å². The molecule has 2 aromatic heterocycles. The van der Waals surface area contributed by atoms with E-state index in [0.717, 1.165) is 17.0 Å². The molecule has 9 nitrogen and oxygen atoms in total. The number of rotatable bonds is 8. The predicted molar refractivity (Wildman–Crippen MR) is 116 cm³/mol. The van der Waals surface area contributed by atoms with Gasteiger partial charge in [-0.05, 0) is 56.9 Å². The number of aryl methyl sites for hydroxylation is 2. The highest BCUT2D eigenvalue weighted by molar-refractivity contribution is 7.92. The Hall–Kier alpha value is -3.01. The summed E-state index contributed by atoms with van der Waals surface area (Å²) < 4.78 is 28.4. The highest BCUT2D eigenvalue weighted by Gasteiger charge is 2.15. The van der Waals surface area contributed by atoms with Gasteiger partial charge in [-0.3, -0.25) is 9.52 Å². The van der Waals surface area contributed by atoms with Crippen LogP contribution in [0.1, 0.15) is 42.3 Å². The maximum atomic E-state index is 12.6. The van der Waals surface area contributed by atoms with Crippen molar-refractivity contribution in [2.45, 2.75) is 47.0 Å².